The number of pyridine rings is 1. The van der Waals surface area contributed by atoms with E-state index in [4.69, 9.17) is 11.6 Å². The maximum atomic E-state index is 12.2. The van der Waals surface area contributed by atoms with Crippen LogP contribution in [0.4, 0.5) is 13.2 Å². The number of nitrogens with zero attached hydrogens (tertiary/aromatic N) is 3. The van der Waals surface area contributed by atoms with Crippen LogP contribution in [0.1, 0.15) is 25.5 Å². The molecule has 2 heterocycles. The number of amides is 1. The van der Waals surface area contributed by atoms with E-state index in [1.165, 1.54) is 19.2 Å². The van der Waals surface area contributed by atoms with Gasteiger partial charge in [0.15, 0.2) is 12.9 Å². The summed E-state index contributed by atoms with van der Waals surface area (Å²) in [5.74, 6) is -0.540. The summed E-state index contributed by atoms with van der Waals surface area (Å²) >= 11 is 5.97. The number of hydrogen-bond donors (Lipinski definition) is 1. The van der Waals surface area contributed by atoms with Gasteiger partial charge in [0.1, 0.15) is 5.02 Å². The molecule has 0 spiro atoms. The number of aliphatic imine (C=N–C) groups is 1. The summed E-state index contributed by atoms with van der Waals surface area (Å²) in [5, 5.41) is 2.65. The molecule has 2 unspecified atom stereocenters. The van der Waals surface area contributed by atoms with Gasteiger partial charge in [-0.25, -0.2) is 9.98 Å². The SMILES string of the molecule is CC(=O)NC1N=CC=CN1C(C)c1cnc(OCC(F)(F)F)c(Cl)c1. The van der Waals surface area contributed by atoms with Gasteiger partial charge in [-0.05, 0) is 24.6 Å². The van der Waals surface area contributed by atoms with Gasteiger partial charge < -0.3 is 15.0 Å². The third-order valence-corrected chi connectivity index (χ3v) is 3.59. The lowest BCUT2D eigenvalue weighted by atomic mass is 10.1. The average Bonchev–Trinajstić information content (AvgIpc) is 2.52. The highest BCUT2D eigenvalue weighted by atomic mass is 35.5. The number of nitrogens with one attached hydrogen (secondary N) is 1. The Hall–Kier alpha value is -2.29. The first-order valence-corrected chi connectivity index (χ1v) is 7.64. The number of rotatable bonds is 5. The minimum absolute atomic E-state index is 0.0332. The van der Waals surface area contributed by atoms with Crippen LogP contribution in [0.2, 0.25) is 5.02 Å². The molecule has 1 aliphatic rings. The predicted molar refractivity (Wildman–Crippen MR) is 86.3 cm³/mol. The van der Waals surface area contributed by atoms with Crippen molar-refractivity contribution in [3.63, 3.8) is 0 Å². The Morgan fingerprint density at radius 2 is 2.24 bits per heavy atom. The fraction of sp³-hybridized carbons (Fsp3) is 0.400. The first-order valence-electron chi connectivity index (χ1n) is 7.27. The summed E-state index contributed by atoms with van der Waals surface area (Å²) < 4.78 is 41.2. The smallest absolute Gasteiger partial charge is 0.422 e. The number of hydrogen-bond acceptors (Lipinski definition) is 5. The Labute approximate surface area is 147 Å². The van der Waals surface area contributed by atoms with E-state index in [-0.39, 0.29) is 22.9 Å². The van der Waals surface area contributed by atoms with Gasteiger partial charge in [-0.3, -0.25) is 4.79 Å². The van der Waals surface area contributed by atoms with Gasteiger partial charge in [0, 0.05) is 25.5 Å². The molecule has 0 fully saturated rings. The van der Waals surface area contributed by atoms with Crippen molar-refractivity contribution in [3.8, 4) is 5.88 Å². The molecule has 0 aliphatic carbocycles. The van der Waals surface area contributed by atoms with Crippen LogP contribution >= 0.6 is 11.6 Å². The van der Waals surface area contributed by atoms with Crippen molar-refractivity contribution in [1.82, 2.24) is 15.2 Å². The van der Waals surface area contributed by atoms with E-state index in [2.05, 4.69) is 20.0 Å². The highest BCUT2D eigenvalue weighted by Crippen LogP contribution is 2.30. The summed E-state index contributed by atoms with van der Waals surface area (Å²) in [7, 11) is 0. The first kappa shape index (κ1) is 19.0. The number of aromatic nitrogens is 1. The van der Waals surface area contributed by atoms with E-state index in [1.807, 2.05) is 6.92 Å². The standard InChI is InChI=1S/C15H16ClF3N4O2/c1-9(23-5-3-4-20-14(23)22-10(2)24)11-6-12(16)13(21-7-11)25-8-15(17,18)19/h3-7,9,14H,8H2,1-2H3,(H,22,24). The maximum Gasteiger partial charge on any atom is 0.422 e. The van der Waals surface area contributed by atoms with E-state index in [9.17, 15) is 18.0 Å². The van der Waals surface area contributed by atoms with E-state index < -0.39 is 19.1 Å². The van der Waals surface area contributed by atoms with Crippen molar-refractivity contribution >= 4 is 23.7 Å². The van der Waals surface area contributed by atoms with Gasteiger partial charge in [-0.2, -0.15) is 13.2 Å². The molecule has 0 saturated heterocycles. The van der Waals surface area contributed by atoms with Gasteiger partial charge in [-0.1, -0.05) is 11.6 Å². The van der Waals surface area contributed by atoms with Crippen LogP contribution in [0.3, 0.4) is 0 Å². The lowest BCUT2D eigenvalue weighted by Crippen LogP contribution is -2.45. The van der Waals surface area contributed by atoms with Crippen molar-refractivity contribution < 1.29 is 22.7 Å². The van der Waals surface area contributed by atoms with Gasteiger partial charge in [0.05, 0.1) is 6.04 Å². The van der Waals surface area contributed by atoms with Crippen LogP contribution in [0.5, 0.6) is 5.88 Å². The maximum absolute atomic E-state index is 12.2. The zero-order valence-corrected chi connectivity index (χ0v) is 14.2. The fourth-order valence-corrected chi connectivity index (χ4v) is 2.39. The van der Waals surface area contributed by atoms with Crippen molar-refractivity contribution in [2.24, 2.45) is 4.99 Å². The monoisotopic (exact) mass is 376 g/mol. The molecule has 6 nitrogen and oxygen atoms in total. The zero-order valence-electron chi connectivity index (χ0n) is 13.4. The highest BCUT2D eigenvalue weighted by molar-refractivity contribution is 6.31. The quantitative estimate of drug-likeness (QED) is 0.857. The molecule has 1 aromatic heterocycles. The molecule has 0 bridgehead atoms. The average molecular weight is 377 g/mol. The molecule has 25 heavy (non-hydrogen) atoms. The number of allylic oxidation sites excluding steroid dienone is 1. The van der Waals surface area contributed by atoms with Crippen LogP contribution in [0, 0.1) is 0 Å². The normalized spacial score (nSPS) is 18.2. The van der Waals surface area contributed by atoms with Crippen LogP contribution in [0.15, 0.2) is 29.5 Å². The molecular formula is C15H16ClF3N4O2. The minimum atomic E-state index is -4.47. The van der Waals surface area contributed by atoms with Crippen LogP contribution in [-0.2, 0) is 4.79 Å². The van der Waals surface area contributed by atoms with Crippen molar-refractivity contribution in [2.45, 2.75) is 32.4 Å². The van der Waals surface area contributed by atoms with Gasteiger partial charge in [0.2, 0.25) is 11.8 Å². The van der Waals surface area contributed by atoms with E-state index in [1.54, 1.807) is 23.4 Å². The second-order valence-electron chi connectivity index (χ2n) is 5.30. The van der Waals surface area contributed by atoms with Crippen molar-refractivity contribution in [2.75, 3.05) is 6.61 Å². The van der Waals surface area contributed by atoms with E-state index in [0.717, 1.165) is 0 Å². The van der Waals surface area contributed by atoms with Crippen LogP contribution in [-0.4, -0.2) is 41.1 Å². The molecule has 0 aromatic carbocycles. The molecule has 0 radical (unpaired) electrons. The van der Waals surface area contributed by atoms with E-state index in [0.29, 0.717) is 5.56 Å². The third kappa shape index (κ3) is 5.35. The van der Waals surface area contributed by atoms with Gasteiger partial charge in [-0.15, -0.1) is 0 Å². The fourth-order valence-electron chi connectivity index (χ4n) is 2.16. The molecule has 1 amide bonds. The zero-order chi connectivity index (χ0) is 18.6. The summed E-state index contributed by atoms with van der Waals surface area (Å²) in [5.41, 5.74) is 0.626. The highest BCUT2D eigenvalue weighted by Gasteiger charge is 2.29. The van der Waals surface area contributed by atoms with Crippen LogP contribution < -0.4 is 10.1 Å². The summed E-state index contributed by atoms with van der Waals surface area (Å²) in [4.78, 5) is 21.1. The second-order valence-corrected chi connectivity index (χ2v) is 5.70. The largest absolute Gasteiger partial charge is 0.467 e. The summed E-state index contributed by atoms with van der Waals surface area (Å²) in [6, 6.07) is 1.18. The van der Waals surface area contributed by atoms with Crippen molar-refractivity contribution in [3.05, 3.63) is 35.1 Å². The number of alkyl halides is 3. The third-order valence-electron chi connectivity index (χ3n) is 3.32. The first-order chi connectivity index (χ1) is 11.7. The molecular weight excluding hydrogens is 361 g/mol. The molecule has 1 N–H and O–H groups in total. The Kier molecular flexibility index (Phi) is 5.89. The number of ether oxygens (including phenoxy) is 1. The van der Waals surface area contributed by atoms with Gasteiger partial charge in [0.25, 0.3) is 0 Å². The molecule has 2 rings (SSSR count). The second kappa shape index (κ2) is 7.73. The molecule has 0 saturated carbocycles. The molecule has 1 aliphatic heterocycles. The lowest BCUT2D eigenvalue weighted by Gasteiger charge is -2.35. The predicted octanol–water partition coefficient (Wildman–Crippen LogP) is 3.06. The number of halogens is 4. The Morgan fingerprint density at radius 3 is 2.84 bits per heavy atom. The Bertz CT molecular complexity index is 694. The van der Waals surface area contributed by atoms with Crippen molar-refractivity contribution in [1.29, 1.82) is 0 Å². The number of carbonyl (C=O) groups is 1. The topological polar surface area (TPSA) is 66.8 Å². The lowest BCUT2D eigenvalue weighted by molar-refractivity contribution is -0.154. The van der Waals surface area contributed by atoms with E-state index >= 15 is 0 Å². The Balaban J connectivity index is 2.14. The van der Waals surface area contributed by atoms with Gasteiger partial charge >= 0.3 is 6.18 Å². The molecule has 1 aromatic rings. The Morgan fingerprint density at radius 1 is 1.52 bits per heavy atom. The molecule has 10 heteroatoms. The number of carbonyl (C=O) groups excluding carboxylic acids is 1. The summed E-state index contributed by atoms with van der Waals surface area (Å²) in [6.45, 7) is 1.73. The molecule has 136 valence electrons. The minimum Gasteiger partial charge on any atom is -0.467 e. The summed E-state index contributed by atoms with van der Waals surface area (Å²) in [6.07, 6.45) is 1.30. The molecule has 2 atom stereocenters. The van der Waals surface area contributed by atoms with Crippen LogP contribution in [0.25, 0.3) is 0 Å².